The lowest BCUT2D eigenvalue weighted by atomic mass is 10.1. The summed E-state index contributed by atoms with van der Waals surface area (Å²) in [6.07, 6.45) is 1.72. The zero-order valence-corrected chi connectivity index (χ0v) is 17.8. The molecule has 1 atom stereocenters. The molecule has 0 aliphatic heterocycles. The van der Waals surface area contributed by atoms with Crippen molar-refractivity contribution in [3.63, 3.8) is 0 Å². The second-order valence-electron chi connectivity index (χ2n) is 6.57. The molecule has 1 amide bonds. The Labute approximate surface area is 171 Å². The maximum absolute atomic E-state index is 12.6. The van der Waals surface area contributed by atoms with Gasteiger partial charge < -0.3 is 5.32 Å². The van der Waals surface area contributed by atoms with E-state index in [1.165, 1.54) is 0 Å². The van der Waals surface area contributed by atoms with Crippen LogP contribution >= 0.6 is 27.5 Å². The fourth-order valence-electron chi connectivity index (χ4n) is 2.77. The average molecular weight is 451 g/mol. The number of carbonyl (C=O) groups is 1. The van der Waals surface area contributed by atoms with Crippen molar-refractivity contribution < 1.29 is 4.79 Å². The Bertz CT molecular complexity index is 951. The van der Waals surface area contributed by atoms with Crippen LogP contribution in [0, 0.1) is 19.8 Å². The van der Waals surface area contributed by atoms with Gasteiger partial charge in [0.2, 0.25) is 5.91 Å². The van der Waals surface area contributed by atoms with Crippen molar-refractivity contribution >= 4 is 39.3 Å². The second kappa shape index (κ2) is 8.27. The van der Waals surface area contributed by atoms with Crippen LogP contribution in [0.25, 0.3) is 0 Å². The quantitative estimate of drug-likeness (QED) is 0.604. The van der Waals surface area contributed by atoms with E-state index in [0.29, 0.717) is 23.9 Å². The van der Waals surface area contributed by atoms with Gasteiger partial charge in [-0.2, -0.15) is 10.2 Å². The number of nitrogens with one attached hydrogen (secondary N) is 1. The number of aryl methyl sites for hydroxylation is 1. The van der Waals surface area contributed by atoms with E-state index >= 15 is 0 Å². The predicted molar refractivity (Wildman–Crippen MR) is 110 cm³/mol. The summed E-state index contributed by atoms with van der Waals surface area (Å²) < 4.78 is 4.52. The molecule has 1 unspecified atom stereocenters. The van der Waals surface area contributed by atoms with Gasteiger partial charge in [0, 0.05) is 11.9 Å². The van der Waals surface area contributed by atoms with E-state index in [1.54, 1.807) is 10.9 Å². The maximum atomic E-state index is 12.6. The molecular weight excluding hydrogens is 430 g/mol. The van der Waals surface area contributed by atoms with Crippen molar-refractivity contribution in [2.45, 2.75) is 33.9 Å². The summed E-state index contributed by atoms with van der Waals surface area (Å²) in [5.74, 6) is -0.0604. The Morgan fingerprint density at radius 3 is 2.59 bits per heavy atom. The first kappa shape index (κ1) is 19.6. The fraction of sp³-hybridized carbons (Fsp3) is 0.316. The largest absolute Gasteiger partial charge is 0.308 e. The molecule has 0 radical (unpaired) electrons. The third-order valence-corrected chi connectivity index (χ3v) is 5.76. The first-order chi connectivity index (χ1) is 12.8. The van der Waals surface area contributed by atoms with Gasteiger partial charge in [0.15, 0.2) is 5.82 Å². The first-order valence-corrected chi connectivity index (χ1v) is 9.79. The number of benzene rings is 1. The lowest BCUT2D eigenvalue weighted by Gasteiger charge is -2.12. The highest BCUT2D eigenvalue weighted by Gasteiger charge is 2.19. The predicted octanol–water partition coefficient (Wildman–Crippen LogP) is 4.44. The summed E-state index contributed by atoms with van der Waals surface area (Å²) >= 11 is 9.75. The first-order valence-electron chi connectivity index (χ1n) is 8.62. The van der Waals surface area contributed by atoms with Crippen LogP contribution in [0.15, 0.2) is 41.0 Å². The van der Waals surface area contributed by atoms with Crippen LogP contribution in [-0.2, 0) is 17.9 Å². The number of aromatic nitrogens is 4. The highest BCUT2D eigenvalue weighted by Crippen LogP contribution is 2.23. The van der Waals surface area contributed by atoms with Crippen LogP contribution in [-0.4, -0.2) is 25.5 Å². The van der Waals surface area contributed by atoms with Crippen molar-refractivity contribution in [3.05, 3.63) is 63.0 Å². The Balaban J connectivity index is 1.65. The van der Waals surface area contributed by atoms with Gasteiger partial charge in [-0.1, -0.05) is 48.9 Å². The molecule has 27 heavy (non-hydrogen) atoms. The Morgan fingerprint density at radius 2 is 1.96 bits per heavy atom. The average Bonchev–Trinajstić information content (AvgIpc) is 3.10. The highest BCUT2D eigenvalue weighted by atomic mass is 79.9. The highest BCUT2D eigenvalue weighted by molar-refractivity contribution is 9.10. The van der Waals surface area contributed by atoms with Crippen molar-refractivity contribution in [1.29, 1.82) is 0 Å². The van der Waals surface area contributed by atoms with E-state index in [2.05, 4.69) is 31.4 Å². The van der Waals surface area contributed by atoms with Crippen LogP contribution < -0.4 is 5.32 Å². The summed E-state index contributed by atoms with van der Waals surface area (Å²) in [6, 6.07) is 9.95. The minimum Gasteiger partial charge on any atom is -0.308 e. The van der Waals surface area contributed by atoms with Gasteiger partial charge in [-0.15, -0.1) is 0 Å². The number of amides is 1. The van der Waals surface area contributed by atoms with Crippen molar-refractivity contribution in [1.82, 2.24) is 19.6 Å². The number of hydrogen-bond acceptors (Lipinski definition) is 3. The van der Waals surface area contributed by atoms with Crippen molar-refractivity contribution in [2.75, 3.05) is 5.32 Å². The molecule has 142 valence electrons. The molecule has 0 aliphatic rings. The topological polar surface area (TPSA) is 64.7 Å². The number of carbonyl (C=O) groups excluding carboxylic acids is 1. The van der Waals surface area contributed by atoms with E-state index < -0.39 is 0 Å². The van der Waals surface area contributed by atoms with Gasteiger partial charge in [0.25, 0.3) is 0 Å². The number of halogens is 2. The molecule has 0 aliphatic carbocycles. The summed E-state index contributed by atoms with van der Waals surface area (Å²) in [5.41, 5.74) is 3.01. The van der Waals surface area contributed by atoms with Gasteiger partial charge in [-0.3, -0.25) is 14.2 Å². The van der Waals surface area contributed by atoms with Crippen LogP contribution in [0.5, 0.6) is 0 Å². The van der Waals surface area contributed by atoms with Gasteiger partial charge >= 0.3 is 0 Å². The van der Waals surface area contributed by atoms with E-state index in [0.717, 1.165) is 21.4 Å². The van der Waals surface area contributed by atoms with E-state index in [-0.39, 0.29) is 11.8 Å². The van der Waals surface area contributed by atoms with E-state index in [9.17, 15) is 4.79 Å². The molecule has 2 aromatic heterocycles. The van der Waals surface area contributed by atoms with Crippen LogP contribution in [0.2, 0.25) is 5.02 Å². The van der Waals surface area contributed by atoms with Crippen molar-refractivity contribution in [3.8, 4) is 0 Å². The van der Waals surface area contributed by atoms with Crippen LogP contribution in [0.3, 0.4) is 0 Å². The molecule has 6 nitrogen and oxygen atoms in total. The molecule has 3 aromatic rings. The monoisotopic (exact) mass is 449 g/mol. The lowest BCUT2D eigenvalue weighted by molar-refractivity contribution is -0.119. The molecule has 3 rings (SSSR count). The SMILES string of the molecule is Cc1nn(CC(C)C(=O)Nc2nn(Cc3ccccc3)cc2Cl)c(C)c1Br. The van der Waals surface area contributed by atoms with Crippen molar-refractivity contribution in [2.24, 2.45) is 5.92 Å². The normalized spacial score (nSPS) is 12.2. The Morgan fingerprint density at radius 1 is 1.26 bits per heavy atom. The molecule has 8 heteroatoms. The Hall–Kier alpha value is -2.12. The molecule has 0 saturated carbocycles. The summed E-state index contributed by atoms with van der Waals surface area (Å²) in [6.45, 7) is 6.82. The zero-order valence-electron chi connectivity index (χ0n) is 15.4. The molecule has 2 heterocycles. The molecule has 1 aromatic carbocycles. The third-order valence-electron chi connectivity index (χ3n) is 4.33. The fourth-order valence-corrected chi connectivity index (χ4v) is 3.25. The summed E-state index contributed by atoms with van der Waals surface area (Å²) in [5, 5.41) is 12.1. The van der Waals surface area contributed by atoms with Gasteiger partial charge in [0.05, 0.1) is 29.2 Å². The number of nitrogens with zero attached hydrogens (tertiary/aromatic N) is 4. The molecule has 0 bridgehead atoms. The minimum absolute atomic E-state index is 0.148. The lowest BCUT2D eigenvalue weighted by Crippen LogP contribution is -2.25. The van der Waals surface area contributed by atoms with Gasteiger partial charge in [-0.25, -0.2) is 0 Å². The standard InChI is InChI=1S/C19H21BrClN5O/c1-12(9-26-14(3)17(20)13(2)23-26)19(27)22-18-16(21)11-25(24-18)10-15-7-5-4-6-8-15/h4-8,11-12H,9-10H2,1-3H3,(H,22,24,27). The van der Waals surface area contributed by atoms with Crippen LogP contribution in [0.4, 0.5) is 5.82 Å². The number of anilines is 1. The molecule has 1 N–H and O–H groups in total. The maximum Gasteiger partial charge on any atom is 0.230 e. The molecule has 0 fully saturated rings. The number of rotatable bonds is 6. The Kier molecular flexibility index (Phi) is 6.01. The summed E-state index contributed by atoms with van der Waals surface area (Å²) in [7, 11) is 0. The van der Waals surface area contributed by atoms with Crippen LogP contribution in [0.1, 0.15) is 23.9 Å². The van der Waals surface area contributed by atoms with Gasteiger partial charge in [0.1, 0.15) is 5.02 Å². The smallest absolute Gasteiger partial charge is 0.230 e. The van der Waals surface area contributed by atoms with E-state index in [4.69, 9.17) is 11.6 Å². The minimum atomic E-state index is -0.287. The molecular formula is C19H21BrClN5O. The third kappa shape index (κ3) is 4.59. The second-order valence-corrected chi connectivity index (χ2v) is 7.77. The zero-order chi connectivity index (χ0) is 19.6. The van der Waals surface area contributed by atoms with E-state index in [1.807, 2.05) is 55.8 Å². The molecule has 0 saturated heterocycles. The summed E-state index contributed by atoms with van der Waals surface area (Å²) in [4.78, 5) is 12.6. The number of hydrogen-bond donors (Lipinski definition) is 1. The molecule has 0 spiro atoms. The van der Waals surface area contributed by atoms with Gasteiger partial charge in [-0.05, 0) is 35.3 Å².